The first kappa shape index (κ1) is 16.5. The Bertz CT molecular complexity index is 638. The van der Waals surface area contributed by atoms with E-state index in [0.717, 1.165) is 11.1 Å². The van der Waals surface area contributed by atoms with Gasteiger partial charge in [0.05, 0.1) is 0 Å². The number of carbonyl (C=O) groups excluding carboxylic acids is 1. The van der Waals surface area contributed by atoms with Gasteiger partial charge in [0.25, 0.3) is 0 Å². The lowest BCUT2D eigenvalue weighted by Gasteiger charge is -2.18. The van der Waals surface area contributed by atoms with Gasteiger partial charge in [-0.3, -0.25) is 4.79 Å². The zero-order valence-electron chi connectivity index (χ0n) is 14.3. The van der Waals surface area contributed by atoms with Crippen molar-refractivity contribution in [2.45, 2.75) is 52.4 Å². The van der Waals surface area contributed by atoms with Crippen LogP contribution < -0.4 is 0 Å². The van der Waals surface area contributed by atoms with Gasteiger partial charge < -0.3 is 0 Å². The number of benzene rings is 2. The molecule has 1 heteroatoms. The van der Waals surface area contributed by atoms with E-state index >= 15 is 0 Å². The largest absolute Gasteiger partial charge is 0.293 e. The number of hydrogen-bond donors (Lipinski definition) is 0. The predicted molar refractivity (Wildman–Crippen MR) is 93.8 cm³/mol. The highest BCUT2D eigenvalue weighted by atomic mass is 16.1. The fourth-order valence-electron chi connectivity index (χ4n) is 2.77. The summed E-state index contributed by atoms with van der Waals surface area (Å²) in [5.74, 6) is 0.933. The Morgan fingerprint density at radius 2 is 1.41 bits per heavy atom. The SMILES string of the molecule is CC(C)c1ccc(C(=O)C(C)c2ccccc2)c(C(C)C)c1. The van der Waals surface area contributed by atoms with Crippen molar-refractivity contribution in [3.63, 3.8) is 0 Å². The average molecular weight is 294 g/mol. The quantitative estimate of drug-likeness (QED) is 0.625. The Hall–Kier alpha value is -1.89. The number of ketones is 1. The highest BCUT2D eigenvalue weighted by molar-refractivity contribution is 6.02. The summed E-state index contributed by atoms with van der Waals surface area (Å²) in [6.45, 7) is 10.7. The molecule has 0 spiro atoms. The molecule has 2 aromatic rings. The molecule has 0 aliphatic carbocycles. The molecule has 0 aliphatic rings. The molecule has 2 rings (SSSR count). The van der Waals surface area contributed by atoms with Gasteiger partial charge in [-0.15, -0.1) is 0 Å². The fraction of sp³-hybridized carbons (Fsp3) is 0.381. The lowest BCUT2D eigenvalue weighted by Crippen LogP contribution is -2.13. The van der Waals surface area contributed by atoms with Crippen LogP contribution in [0.2, 0.25) is 0 Å². The molecule has 0 N–H and O–H groups in total. The van der Waals surface area contributed by atoms with Crippen LogP contribution in [-0.2, 0) is 0 Å². The first-order valence-electron chi connectivity index (χ1n) is 8.14. The van der Waals surface area contributed by atoms with E-state index in [4.69, 9.17) is 0 Å². The van der Waals surface area contributed by atoms with Crippen LogP contribution in [-0.4, -0.2) is 5.78 Å². The van der Waals surface area contributed by atoms with Gasteiger partial charge in [-0.1, -0.05) is 83.1 Å². The van der Waals surface area contributed by atoms with E-state index in [0.29, 0.717) is 11.8 Å². The maximum absolute atomic E-state index is 13.0. The second-order valence-corrected chi connectivity index (χ2v) is 6.65. The number of Topliss-reactive ketones (excluding diaryl/α,β-unsaturated/α-hetero) is 1. The van der Waals surface area contributed by atoms with Crippen molar-refractivity contribution < 1.29 is 4.79 Å². The fourth-order valence-corrected chi connectivity index (χ4v) is 2.77. The zero-order chi connectivity index (χ0) is 16.3. The maximum Gasteiger partial charge on any atom is 0.170 e. The van der Waals surface area contributed by atoms with Gasteiger partial charge in [-0.2, -0.15) is 0 Å². The van der Waals surface area contributed by atoms with Crippen LogP contribution in [0.15, 0.2) is 48.5 Å². The van der Waals surface area contributed by atoms with Crippen LogP contribution in [0.1, 0.15) is 79.4 Å². The second-order valence-electron chi connectivity index (χ2n) is 6.65. The molecule has 0 heterocycles. The molecular weight excluding hydrogens is 268 g/mol. The van der Waals surface area contributed by atoms with E-state index in [9.17, 15) is 4.79 Å². The van der Waals surface area contributed by atoms with Gasteiger partial charge >= 0.3 is 0 Å². The summed E-state index contributed by atoms with van der Waals surface area (Å²) in [7, 11) is 0. The van der Waals surface area contributed by atoms with Crippen molar-refractivity contribution in [3.8, 4) is 0 Å². The molecule has 2 aromatic carbocycles. The lowest BCUT2D eigenvalue weighted by molar-refractivity contribution is 0.0965. The van der Waals surface area contributed by atoms with E-state index in [-0.39, 0.29) is 11.7 Å². The molecule has 0 aromatic heterocycles. The third kappa shape index (κ3) is 3.47. The van der Waals surface area contributed by atoms with Crippen LogP contribution in [0, 0.1) is 0 Å². The standard InChI is InChI=1S/C21H26O/c1-14(2)18-11-12-19(20(13-18)15(3)4)21(22)16(5)17-9-7-6-8-10-17/h6-16H,1-5H3. The third-order valence-corrected chi connectivity index (χ3v) is 4.32. The minimum Gasteiger partial charge on any atom is -0.293 e. The molecule has 1 nitrogen and oxygen atoms in total. The minimum atomic E-state index is -0.108. The summed E-state index contributed by atoms with van der Waals surface area (Å²) in [5, 5.41) is 0. The van der Waals surface area contributed by atoms with E-state index < -0.39 is 0 Å². The van der Waals surface area contributed by atoms with E-state index in [2.05, 4.69) is 39.8 Å². The topological polar surface area (TPSA) is 17.1 Å². The van der Waals surface area contributed by atoms with Crippen LogP contribution >= 0.6 is 0 Å². The second kappa shape index (κ2) is 6.91. The van der Waals surface area contributed by atoms with E-state index in [1.54, 1.807) is 0 Å². The molecule has 116 valence electrons. The van der Waals surface area contributed by atoms with Crippen molar-refractivity contribution >= 4 is 5.78 Å². The molecule has 22 heavy (non-hydrogen) atoms. The minimum absolute atomic E-state index is 0.108. The molecule has 0 bridgehead atoms. The monoisotopic (exact) mass is 294 g/mol. The smallest absolute Gasteiger partial charge is 0.170 e. The Morgan fingerprint density at radius 3 is 1.95 bits per heavy atom. The molecule has 1 unspecified atom stereocenters. The van der Waals surface area contributed by atoms with Gasteiger partial charge in [0.1, 0.15) is 0 Å². The van der Waals surface area contributed by atoms with Crippen molar-refractivity contribution in [1.29, 1.82) is 0 Å². The van der Waals surface area contributed by atoms with Gasteiger partial charge in [0.2, 0.25) is 0 Å². The first-order valence-corrected chi connectivity index (χ1v) is 8.14. The Morgan fingerprint density at radius 1 is 0.773 bits per heavy atom. The van der Waals surface area contributed by atoms with Crippen LogP contribution in [0.4, 0.5) is 0 Å². The molecular formula is C21H26O. The first-order chi connectivity index (χ1) is 10.4. The summed E-state index contributed by atoms with van der Waals surface area (Å²) in [5.41, 5.74) is 4.41. The van der Waals surface area contributed by atoms with Crippen LogP contribution in [0.3, 0.4) is 0 Å². The number of carbonyl (C=O) groups is 1. The highest BCUT2D eigenvalue weighted by Gasteiger charge is 2.21. The van der Waals surface area contributed by atoms with E-state index in [1.807, 2.05) is 43.3 Å². The van der Waals surface area contributed by atoms with Crippen molar-refractivity contribution in [3.05, 3.63) is 70.8 Å². The normalized spacial score (nSPS) is 12.7. The summed E-state index contributed by atoms with van der Waals surface area (Å²) in [6.07, 6.45) is 0. The molecule has 0 saturated carbocycles. The molecule has 1 atom stereocenters. The maximum atomic E-state index is 13.0. The molecule has 0 radical (unpaired) electrons. The van der Waals surface area contributed by atoms with Crippen LogP contribution in [0.25, 0.3) is 0 Å². The summed E-state index contributed by atoms with van der Waals surface area (Å²) >= 11 is 0. The number of hydrogen-bond acceptors (Lipinski definition) is 1. The molecule has 0 amide bonds. The summed E-state index contributed by atoms with van der Waals surface area (Å²) in [4.78, 5) is 13.0. The van der Waals surface area contributed by atoms with Gasteiger partial charge in [0, 0.05) is 11.5 Å². The average Bonchev–Trinajstić information content (AvgIpc) is 2.53. The lowest BCUT2D eigenvalue weighted by atomic mass is 9.85. The van der Waals surface area contributed by atoms with Crippen molar-refractivity contribution in [2.75, 3.05) is 0 Å². The van der Waals surface area contributed by atoms with Crippen molar-refractivity contribution in [2.24, 2.45) is 0 Å². The third-order valence-electron chi connectivity index (χ3n) is 4.32. The van der Waals surface area contributed by atoms with Gasteiger partial charge in [0.15, 0.2) is 5.78 Å². The Balaban J connectivity index is 2.41. The van der Waals surface area contributed by atoms with Gasteiger partial charge in [-0.25, -0.2) is 0 Å². The molecule has 0 aliphatic heterocycles. The Labute approximate surface area is 134 Å². The number of rotatable bonds is 5. The predicted octanol–water partition coefficient (Wildman–Crippen LogP) is 5.92. The van der Waals surface area contributed by atoms with Crippen molar-refractivity contribution in [1.82, 2.24) is 0 Å². The Kier molecular flexibility index (Phi) is 5.18. The van der Waals surface area contributed by atoms with Gasteiger partial charge in [-0.05, 0) is 28.5 Å². The summed E-state index contributed by atoms with van der Waals surface area (Å²) < 4.78 is 0. The molecule has 0 saturated heterocycles. The van der Waals surface area contributed by atoms with E-state index in [1.165, 1.54) is 11.1 Å². The van der Waals surface area contributed by atoms with Crippen LogP contribution in [0.5, 0.6) is 0 Å². The molecule has 0 fully saturated rings. The summed E-state index contributed by atoms with van der Waals surface area (Å²) in [6, 6.07) is 16.3. The zero-order valence-corrected chi connectivity index (χ0v) is 14.3. The highest BCUT2D eigenvalue weighted by Crippen LogP contribution is 2.29.